The minimum Gasteiger partial charge on any atom is -0.314 e. The van der Waals surface area contributed by atoms with E-state index in [-0.39, 0.29) is 0 Å². The molecule has 1 atom stereocenters. The minimum atomic E-state index is 0.532. The zero-order valence-electron chi connectivity index (χ0n) is 9.91. The average Bonchev–Trinajstić information content (AvgIpc) is 2.16. The first-order chi connectivity index (χ1) is 7.72. The van der Waals surface area contributed by atoms with Crippen LogP contribution in [0, 0.1) is 0 Å². The molecular formula is C13H19BrN2. The Morgan fingerprint density at radius 2 is 2.25 bits per heavy atom. The first-order valence-corrected chi connectivity index (χ1v) is 6.69. The Morgan fingerprint density at radius 1 is 1.50 bits per heavy atom. The lowest BCUT2D eigenvalue weighted by Gasteiger charge is -2.40. The molecule has 0 spiro atoms. The van der Waals surface area contributed by atoms with Crippen LogP contribution in [0.1, 0.15) is 24.9 Å². The quantitative estimate of drug-likeness (QED) is 0.914. The predicted molar refractivity (Wildman–Crippen MR) is 71.6 cm³/mol. The van der Waals surface area contributed by atoms with Crippen LogP contribution < -0.4 is 5.32 Å². The second kappa shape index (κ2) is 5.30. The van der Waals surface area contributed by atoms with E-state index in [0.29, 0.717) is 12.1 Å². The third-order valence-electron chi connectivity index (χ3n) is 3.45. The highest BCUT2D eigenvalue weighted by Gasteiger charge is 2.27. The fourth-order valence-corrected chi connectivity index (χ4v) is 2.71. The number of nitrogens with one attached hydrogen (secondary N) is 1. The summed E-state index contributed by atoms with van der Waals surface area (Å²) in [7, 11) is 2.24. The van der Waals surface area contributed by atoms with Crippen LogP contribution in [0.25, 0.3) is 0 Å². The van der Waals surface area contributed by atoms with Crippen LogP contribution in [-0.4, -0.2) is 31.1 Å². The van der Waals surface area contributed by atoms with Crippen LogP contribution in [0.15, 0.2) is 28.7 Å². The van der Waals surface area contributed by atoms with Gasteiger partial charge in [0.25, 0.3) is 0 Å². The van der Waals surface area contributed by atoms with Crippen molar-refractivity contribution in [2.24, 2.45) is 0 Å². The number of rotatable bonds is 4. The molecule has 0 bridgehead atoms. The van der Waals surface area contributed by atoms with E-state index >= 15 is 0 Å². The highest BCUT2D eigenvalue weighted by Crippen LogP contribution is 2.27. The second-order valence-corrected chi connectivity index (χ2v) is 5.37. The Kier molecular flexibility index (Phi) is 4.00. The molecule has 0 aliphatic carbocycles. The first-order valence-electron chi connectivity index (χ1n) is 5.90. The topological polar surface area (TPSA) is 15.3 Å². The average molecular weight is 283 g/mol. The predicted octanol–water partition coefficient (Wildman–Crippen LogP) is 2.80. The Hall–Kier alpha value is -0.380. The van der Waals surface area contributed by atoms with Gasteiger partial charge in [0.05, 0.1) is 0 Å². The van der Waals surface area contributed by atoms with Crippen LogP contribution in [0.5, 0.6) is 0 Å². The summed E-state index contributed by atoms with van der Waals surface area (Å²) in [4.78, 5) is 2.50. The van der Waals surface area contributed by atoms with Crippen molar-refractivity contribution in [3.8, 4) is 0 Å². The molecule has 1 aromatic rings. The summed E-state index contributed by atoms with van der Waals surface area (Å²) in [5, 5.41) is 3.33. The van der Waals surface area contributed by atoms with Crippen LogP contribution in [-0.2, 0) is 0 Å². The van der Waals surface area contributed by atoms with Gasteiger partial charge in [-0.25, -0.2) is 0 Å². The van der Waals surface area contributed by atoms with E-state index in [1.165, 1.54) is 10.0 Å². The lowest BCUT2D eigenvalue weighted by atomic mass is 10.00. The fraction of sp³-hybridized carbons (Fsp3) is 0.538. The Labute approximate surface area is 106 Å². The summed E-state index contributed by atoms with van der Waals surface area (Å²) in [5.41, 5.74) is 1.41. The third-order valence-corrected chi connectivity index (χ3v) is 3.94. The van der Waals surface area contributed by atoms with Crippen LogP contribution >= 0.6 is 15.9 Å². The molecule has 1 fully saturated rings. The molecule has 1 heterocycles. The highest BCUT2D eigenvalue weighted by molar-refractivity contribution is 9.10. The van der Waals surface area contributed by atoms with E-state index in [2.05, 4.69) is 64.4 Å². The summed E-state index contributed by atoms with van der Waals surface area (Å²) < 4.78 is 1.17. The van der Waals surface area contributed by atoms with Gasteiger partial charge in [0, 0.05) is 29.6 Å². The van der Waals surface area contributed by atoms with Crippen molar-refractivity contribution in [2.45, 2.75) is 25.4 Å². The Bertz CT molecular complexity index is 350. The van der Waals surface area contributed by atoms with E-state index in [0.717, 1.165) is 19.5 Å². The van der Waals surface area contributed by atoms with E-state index in [1.54, 1.807) is 0 Å². The summed E-state index contributed by atoms with van der Waals surface area (Å²) >= 11 is 3.55. The molecule has 0 amide bonds. The summed E-state index contributed by atoms with van der Waals surface area (Å²) in [6.45, 7) is 4.51. The molecular weight excluding hydrogens is 264 g/mol. The van der Waals surface area contributed by atoms with Crippen molar-refractivity contribution >= 4 is 15.9 Å². The van der Waals surface area contributed by atoms with Gasteiger partial charge in [-0.15, -0.1) is 0 Å². The van der Waals surface area contributed by atoms with E-state index in [4.69, 9.17) is 0 Å². The van der Waals surface area contributed by atoms with Gasteiger partial charge >= 0.3 is 0 Å². The second-order valence-electron chi connectivity index (χ2n) is 4.46. The first kappa shape index (κ1) is 12.1. The van der Waals surface area contributed by atoms with Crippen molar-refractivity contribution < 1.29 is 0 Å². The van der Waals surface area contributed by atoms with Crippen LogP contribution in [0.3, 0.4) is 0 Å². The number of hydrogen-bond acceptors (Lipinski definition) is 2. The summed E-state index contributed by atoms with van der Waals surface area (Å²) in [6, 6.07) is 9.89. The van der Waals surface area contributed by atoms with Gasteiger partial charge < -0.3 is 5.32 Å². The fourth-order valence-electron chi connectivity index (χ4n) is 2.29. The summed E-state index contributed by atoms with van der Waals surface area (Å²) in [6.07, 6.45) is 1.16. The molecule has 2 nitrogen and oxygen atoms in total. The van der Waals surface area contributed by atoms with Crippen molar-refractivity contribution in [3.05, 3.63) is 34.3 Å². The smallest absolute Gasteiger partial charge is 0.0348 e. The van der Waals surface area contributed by atoms with Crippen LogP contribution in [0.2, 0.25) is 0 Å². The third kappa shape index (κ3) is 2.47. The number of halogens is 1. The number of hydrogen-bond donors (Lipinski definition) is 1. The van der Waals surface area contributed by atoms with Gasteiger partial charge in [0.1, 0.15) is 0 Å². The molecule has 1 aliphatic rings. The summed E-state index contributed by atoms with van der Waals surface area (Å²) in [5.74, 6) is 0. The number of benzene rings is 1. The van der Waals surface area contributed by atoms with Gasteiger partial charge in [-0.05, 0) is 31.2 Å². The maximum atomic E-state index is 3.55. The lowest BCUT2D eigenvalue weighted by Crippen LogP contribution is -2.56. The van der Waals surface area contributed by atoms with Gasteiger partial charge in [0.15, 0.2) is 0 Å². The number of nitrogens with zero attached hydrogens (tertiary/aromatic N) is 1. The zero-order chi connectivity index (χ0) is 11.5. The monoisotopic (exact) mass is 282 g/mol. The highest BCUT2D eigenvalue weighted by atomic mass is 79.9. The maximum absolute atomic E-state index is 3.55. The molecule has 0 radical (unpaired) electrons. The molecule has 16 heavy (non-hydrogen) atoms. The molecule has 1 saturated heterocycles. The van der Waals surface area contributed by atoms with E-state index in [1.807, 2.05) is 0 Å². The molecule has 0 aromatic heterocycles. The van der Waals surface area contributed by atoms with Crippen molar-refractivity contribution in [1.82, 2.24) is 10.2 Å². The Morgan fingerprint density at radius 3 is 2.75 bits per heavy atom. The van der Waals surface area contributed by atoms with E-state index < -0.39 is 0 Å². The Balaban J connectivity index is 2.14. The van der Waals surface area contributed by atoms with Gasteiger partial charge in [-0.3, -0.25) is 4.90 Å². The van der Waals surface area contributed by atoms with Gasteiger partial charge in [0.2, 0.25) is 0 Å². The molecule has 1 aromatic carbocycles. The van der Waals surface area contributed by atoms with Crippen molar-refractivity contribution in [3.63, 3.8) is 0 Å². The standard InChI is InChI=1S/C13H19BrN2/c1-3-13(16(2)12-8-15-9-12)10-5-4-6-11(14)7-10/h4-7,12-13,15H,3,8-9H2,1-2H3. The van der Waals surface area contributed by atoms with Crippen molar-refractivity contribution in [2.75, 3.05) is 20.1 Å². The van der Waals surface area contributed by atoms with Crippen LogP contribution in [0.4, 0.5) is 0 Å². The zero-order valence-corrected chi connectivity index (χ0v) is 11.5. The SMILES string of the molecule is CCC(c1cccc(Br)c1)N(C)C1CNC1. The molecule has 0 saturated carbocycles. The molecule has 3 heteroatoms. The molecule has 1 N–H and O–H groups in total. The van der Waals surface area contributed by atoms with Gasteiger partial charge in [-0.1, -0.05) is 35.0 Å². The van der Waals surface area contributed by atoms with Crippen molar-refractivity contribution in [1.29, 1.82) is 0 Å². The largest absolute Gasteiger partial charge is 0.314 e. The molecule has 1 unspecified atom stereocenters. The van der Waals surface area contributed by atoms with E-state index in [9.17, 15) is 0 Å². The number of likely N-dealkylation sites (N-methyl/N-ethyl adjacent to an activating group) is 1. The minimum absolute atomic E-state index is 0.532. The molecule has 2 rings (SSSR count). The molecule has 1 aliphatic heterocycles. The lowest BCUT2D eigenvalue weighted by molar-refractivity contribution is 0.124. The maximum Gasteiger partial charge on any atom is 0.0348 e. The van der Waals surface area contributed by atoms with Gasteiger partial charge in [-0.2, -0.15) is 0 Å². The normalized spacial score (nSPS) is 18.5. The molecule has 88 valence electrons.